The number of aryl methyl sites for hydroxylation is 1. The van der Waals surface area contributed by atoms with E-state index in [1.807, 2.05) is 12.1 Å². The number of guanidine groups is 1. The van der Waals surface area contributed by atoms with E-state index in [9.17, 15) is 9.18 Å². The lowest BCUT2D eigenvalue weighted by Crippen LogP contribution is -2.38. The highest BCUT2D eigenvalue weighted by molar-refractivity contribution is 14.0. The third kappa shape index (κ3) is 8.12. The van der Waals surface area contributed by atoms with Gasteiger partial charge in [0.2, 0.25) is 5.91 Å². The van der Waals surface area contributed by atoms with Crippen molar-refractivity contribution in [2.75, 3.05) is 25.5 Å². The van der Waals surface area contributed by atoms with E-state index < -0.39 is 0 Å². The smallest absolute Gasteiger partial charge is 0.221 e. The number of aliphatic imine (C=N–C) groups is 1. The topological polar surface area (TPSA) is 74.8 Å². The van der Waals surface area contributed by atoms with Crippen LogP contribution in [0.3, 0.4) is 0 Å². The van der Waals surface area contributed by atoms with E-state index in [-0.39, 0.29) is 35.7 Å². The average molecular weight is 500 g/mol. The lowest BCUT2D eigenvalue weighted by molar-refractivity contribution is -0.114. The molecule has 8 heteroatoms. The number of ether oxygens (including phenoxy) is 1. The second-order valence-corrected chi connectivity index (χ2v) is 5.99. The first-order valence-electron chi connectivity index (χ1n) is 8.68. The molecular formula is C20H26FIN4O2. The van der Waals surface area contributed by atoms with Gasteiger partial charge in [0, 0.05) is 32.3 Å². The third-order valence-electron chi connectivity index (χ3n) is 3.72. The predicted molar refractivity (Wildman–Crippen MR) is 121 cm³/mol. The molecule has 0 aliphatic carbocycles. The summed E-state index contributed by atoms with van der Waals surface area (Å²) in [6, 6.07) is 12.2. The SMILES string of the molecule is CN=C(NCCOc1cccc(NC(C)=O)c1)NCc1ccc(F)c(C)c1.I. The highest BCUT2D eigenvalue weighted by Crippen LogP contribution is 2.17. The Morgan fingerprint density at radius 2 is 1.96 bits per heavy atom. The molecule has 0 saturated heterocycles. The molecule has 0 unspecified atom stereocenters. The zero-order valence-corrected chi connectivity index (χ0v) is 18.5. The van der Waals surface area contributed by atoms with E-state index in [0.29, 0.717) is 42.7 Å². The predicted octanol–water partition coefficient (Wildman–Crippen LogP) is 3.45. The molecule has 28 heavy (non-hydrogen) atoms. The number of hydrogen-bond donors (Lipinski definition) is 3. The van der Waals surface area contributed by atoms with E-state index in [2.05, 4.69) is 20.9 Å². The Kier molecular flexibility index (Phi) is 10.3. The second kappa shape index (κ2) is 12.2. The van der Waals surface area contributed by atoms with Gasteiger partial charge in [-0.2, -0.15) is 0 Å². The Bertz CT molecular complexity index is 815. The van der Waals surface area contributed by atoms with Crippen molar-refractivity contribution >= 4 is 41.5 Å². The van der Waals surface area contributed by atoms with Crippen LogP contribution in [-0.4, -0.2) is 32.1 Å². The van der Waals surface area contributed by atoms with Crippen molar-refractivity contribution in [3.8, 4) is 5.75 Å². The van der Waals surface area contributed by atoms with Crippen LogP contribution in [-0.2, 0) is 11.3 Å². The van der Waals surface area contributed by atoms with Crippen LogP contribution in [0.15, 0.2) is 47.5 Å². The van der Waals surface area contributed by atoms with E-state index in [0.717, 1.165) is 5.56 Å². The van der Waals surface area contributed by atoms with Gasteiger partial charge in [0.05, 0.1) is 6.54 Å². The Labute approximate surface area is 182 Å². The number of halogens is 2. The zero-order chi connectivity index (χ0) is 19.6. The van der Waals surface area contributed by atoms with Crippen molar-refractivity contribution < 1.29 is 13.9 Å². The lowest BCUT2D eigenvalue weighted by Gasteiger charge is -2.13. The van der Waals surface area contributed by atoms with E-state index in [1.54, 1.807) is 38.2 Å². The van der Waals surface area contributed by atoms with Crippen LogP contribution < -0.4 is 20.7 Å². The number of anilines is 1. The van der Waals surface area contributed by atoms with Gasteiger partial charge in [0.15, 0.2) is 5.96 Å². The second-order valence-electron chi connectivity index (χ2n) is 5.99. The summed E-state index contributed by atoms with van der Waals surface area (Å²) in [7, 11) is 1.68. The largest absolute Gasteiger partial charge is 0.492 e. The van der Waals surface area contributed by atoms with Crippen LogP contribution in [0, 0.1) is 12.7 Å². The van der Waals surface area contributed by atoms with Gasteiger partial charge >= 0.3 is 0 Å². The number of amides is 1. The number of rotatable bonds is 7. The molecule has 0 heterocycles. The molecule has 0 radical (unpaired) electrons. The van der Waals surface area contributed by atoms with Gasteiger partial charge in [-0.1, -0.05) is 18.2 Å². The summed E-state index contributed by atoms with van der Waals surface area (Å²) in [5.41, 5.74) is 2.29. The maximum atomic E-state index is 13.3. The standard InChI is InChI=1S/C20H25FN4O2.HI/c1-14-11-16(7-8-19(14)21)13-24-20(22-3)23-9-10-27-18-6-4-5-17(12-18)25-15(2)26;/h4-8,11-12H,9-10,13H2,1-3H3,(H,25,26)(H2,22,23,24);1H. The Morgan fingerprint density at radius 1 is 1.18 bits per heavy atom. The summed E-state index contributed by atoms with van der Waals surface area (Å²) in [6.45, 7) is 4.72. The van der Waals surface area contributed by atoms with Gasteiger partial charge in [0.1, 0.15) is 18.2 Å². The molecule has 6 nitrogen and oxygen atoms in total. The Hall–Kier alpha value is -2.36. The maximum Gasteiger partial charge on any atom is 0.221 e. The first-order chi connectivity index (χ1) is 13.0. The van der Waals surface area contributed by atoms with Gasteiger partial charge in [-0.25, -0.2) is 4.39 Å². The fourth-order valence-corrected chi connectivity index (χ4v) is 2.43. The van der Waals surface area contributed by atoms with Crippen molar-refractivity contribution in [1.82, 2.24) is 10.6 Å². The van der Waals surface area contributed by atoms with E-state index >= 15 is 0 Å². The minimum atomic E-state index is -0.207. The van der Waals surface area contributed by atoms with Crippen molar-refractivity contribution in [2.45, 2.75) is 20.4 Å². The highest BCUT2D eigenvalue weighted by Gasteiger charge is 2.02. The zero-order valence-electron chi connectivity index (χ0n) is 16.2. The molecule has 2 rings (SSSR count). The number of nitrogens with zero attached hydrogens (tertiary/aromatic N) is 1. The molecule has 0 bridgehead atoms. The minimum absolute atomic E-state index is 0. The molecule has 2 aromatic rings. The van der Waals surface area contributed by atoms with Crippen molar-refractivity contribution in [1.29, 1.82) is 0 Å². The van der Waals surface area contributed by atoms with Crippen molar-refractivity contribution in [2.24, 2.45) is 4.99 Å². The number of carbonyl (C=O) groups is 1. The number of hydrogen-bond acceptors (Lipinski definition) is 3. The molecule has 0 aliphatic heterocycles. The summed E-state index contributed by atoms with van der Waals surface area (Å²) in [4.78, 5) is 15.2. The van der Waals surface area contributed by atoms with Crippen LogP contribution in [0.1, 0.15) is 18.1 Å². The normalized spacial score (nSPS) is 10.6. The monoisotopic (exact) mass is 500 g/mol. The molecule has 0 spiro atoms. The van der Waals surface area contributed by atoms with E-state index in [4.69, 9.17) is 4.74 Å². The molecule has 2 aromatic carbocycles. The first kappa shape index (κ1) is 23.7. The van der Waals surface area contributed by atoms with Crippen LogP contribution in [0.2, 0.25) is 0 Å². The van der Waals surface area contributed by atoms with Crippen LogP contribution in [0.4, 0.5) is 10.1 Å². The van der Waals surface area contributed by atoms with Gasteiger partial charge < -0.3 is 20.7 Å². The van der Waals surface area contributed by atoms with Gasteiger partial charge in [-0.15, -0.1) is 24.0 Å². The molecular weight excluding hydrogens is 474 g/mol. The summed E-state index contributed by atoms with van der Waals surface area (Å²) in [5.74, 6) is 0.973. The first-order valence-corrected chi connectivity index (χ1v) is 8.68. The number of nitrogens with one attached hydrogen (secondary N) is 3. The van der Waals surface area contributed by atoms with Gasteiger partial charge in [0.25, 0.3) is 0 Å². The molecule has 3 N–H and O–H groups in total. The maximum absolute atomic E-state index is 13.3. The van der Waals surface area contributed by atoms with Crippen LogP contribution in [0.25, 0.3) is 0 Å². The van der Waals surface area contributed by atoms with E-state index in [1.165, 1.54) is 13.0 Å². The average Bonchev–Trinajstić information content (AvgIpc) is 2.63. The Balaban J connectivity index is 0.00000392. The molecule has 0 fully saturated rings. The molecule has 1 amide bonds. The molecule has 0 atom stereocenters. The van der Waals surface area contributed by atoms with Crippen molar-refractivity contribution in [3.05, 3.63) is 59.4 Å². The lowest BCUT2D eigenvalue weighted by atomic mass is 10.1. The fraction of sp³-hybridized carbons (Fsp3) is 0.300. The summed E-state index contributed by atoms with van der Waals surface area (Å²) in [5, 5.41) is 9.04. The number of carbonyl (C=O) groups excluding carboxylic acids is 1. The number of benzene rings is 2. The minimum Gasteiger partial charge on any atom is -0.492 e. The molecule has 0 saturated carbocycles. The van der Waals surface area contributed by atoms with Crippen LogP contribution in [0.5, 0.6) is 5.75 Å². The Morgan fingerprint density at radius 3 is 2.64 bits per heavy atom. The molecule has 0 aliphatic rings. The third-order valence-corrected chi connectivity index (χ3v) is 3.72. The quantitative estimate of drug-likeness (QED) is 0.236. The highest BCUT2D eigenvalue weighted by atomic mass is 127. The van der Waals surface area contributed by atoms with Crippen LogP contribution >= 0.6 is 24.0 Å². The van der Waals surface area contributed by atoms with Gasteiger partial charge in [-0.05, 0) is 36.2 Å². The van der Waals surface area contributed by atoms with Crippen molar-refractivity contribution in [3.63, 3.8) is 0 Å². The summed E-state index contributed by atoms with van der Waals surface area (Å²) < 4.78 is 19.0. The fourth-order valence-electron chi connectivity index (χ4n) is 2.43. The van der Waals surface area contributed by atoms with Gasteiger partial charge in [-0.3, -0.25) is 9.79 Å². The molecule has 152 valence electrons. The summed E-state index contributed by atoms with van der Waals surface area (Å²) >= 11 is 0. The molecule has 0 aromatic heterocycles. The summed E-state index contributed by atoms with van der Waals surface area (Å²) in [6.07, 6.45) is 0.